The molecule has 2 N–H and O–H groups in total. The molecule has 1 atom stereocenters. The summed E-state index contributed by atoms with van der Waals surface area (Å²) in [4.78, 5) is 25.6. The molecule has 0 spiro atoms. The summed E-state index contributed by atoms with van der Waals surface area (Å²) < 4.78 is 19.6. The number of hydrazone groups is 1. The Morgan fingerprint density at radius 3 is 2.88 bits per heavy atom. The number of ether oxygens (including phenoxy) is 1. The van der Waals surface area contributed by atoms with Crippen molar-refractivity contribution in [3.05, 3.63) is 24.0 Å². The van der Waals surface area contributed by atoms with Gasteiger partial charge in [0.2, 0.25) is 6.41 Å². The maximum atomic E-state index is 14.5. The van der Waals surface area contributed by atoms with E-state index < -0.39 is 11.9 Å². The second kappa shape index (κ2) is 6.83. The molecule has 1 amide bonds. The van der Waals surface area contributed by atoms with Gasteiger partial charge in [-0.05, 0) is 18.2 Å². The van der Waals surface area contributed by atoms with Gasteiger partial charge in [0, 0.05) is 18.8 Å². The van der Waals surface area contributed by atoms with Crippen LogP contribution in [0.4, 0.5) is 15.8 Å². The van der Waals surface area contributed by atoms with E-state index in [0.717, 1.165) is 0 Å². The van der Waals surface area contributed by atoms with Crippen LogP contribution in [-0.4, -0.2) is 62.6 Å². The molecule has 0 bridgehead atoms. The molecular weight excluding hydrogens is 317 g/mol. The van der Waals surface area contributed by atoms with Crippen molar-refractivity contribution in [2.45, 2.75) is 6.10 Å². The Hall–Kier alpha value is -2.68. The Labute approximate surface area is 138 Å². The maximum Gasteiger partial charge on any atom is 0.325 e. The van der Waals surface area contributed by atoms with Crippen molar-refractivity contribution >= 4 is 30.1 Å². The van der Waals surface area contributed by atoms with E-state index in [9.17, 15) is 14.0 Å². The van der Waals surface area contributed by atoms with E-state index in [1.165, 1.54) is 17.4 Å². The Kier molecular flexibility index (Phi) is 4.61. The number of carbonyl (C=O) groups is 2. The molecule has 2 heterocycles. The smallest absolute Gasteiger partial charge is 0.325 e. The van der Waals surface area contributed by atoms with E-state index in [0.29, 0.717) is 37.4 Å². The van der Waals surface area contributed by atoms with Crippen LogP contribution in [0.3, 0.4) is 0 Å². The number of esters is 1. The number of hydrogen-bond acceptors (Lipinski definition) is 7. The van der Waals surface area contributed by atoms with Gasteiger partial charge in [0.25, 0.3) is 0 Å². The Morgan fingerprint density at radius 1 is 1.42 bits per heavy atom. The van der Waals surface area contributed by atoms with Crippen molar-refractivity contribution in [1.29, 1.82) is 0 Å². The monoisotopic (exact) mass is 335 g/mol. The van der Waals surface area contributed by atoms with Crippen molar-refractivity contribution in [2.24, 2.45) is 10.8 Å². The molecule has 2 aliphatic heterocycles. The highest BCUT2D eigenvalue weighted by Crippen LogP contribution is 2.26. The third kappa shape index (κ3) is 3.30. The van der Waals surface area contributed by atoms with Crippen molar-refractivity contribution in [2.75, 3.05) is 42.5 Å². The average Bonchev–Trinajstić information content (AvgIpc) is 2.61. The minimum atomic E-state index is -0.429. The molecule has 0 aliphatic carbocycles. The first-order valence-corrected chi connectivity index (χ1v) is 7.57. The maximum absolute atomic E-state index is 14.5. The number of anilines is 2. The highest BCUT2D eigenvalue weighted by atomic mass is 19.1. The van der Waals surface area contributed by atoms with Crippen molar-refractivity contribution in [1.82, 2.24) is 5.01 Å². The van der Waals surface area contributed by atoms with Gasteiger partial charge in [-0.25, -0.2) is 9.40 Å². The highest BCUT2D eigenvalue weighted by Gasteiger charge is 2.26. The second-order valence-electron chi connectivity index (χ2n) is 5.56. The molecular formula is C15H18FN5O3. The van der Waals surface area contributed by atoms with Gasteiger partial charge in [-0.15, -0.1) is 0 Å². The number of carbonyl (C=O) groups excluding carboxylic acids is 2. The summed E-state index contributed by atoms with van der Waals surface area (Å²) in [5.74, 6) is -0.806. The summed E-state index contributed by atoms with van der Waals surface area (Å²) in [5.41, 5.74) is 6.51. The van der Waals surface area contributed by atoms with Crippen LogP contribution in [0.5, 0.6) is 0 Å². The zero-order valence-corrected chi connectivity index (χ0v) is 13.0. The second-order valence-corrected chi connectivity index (χ2v) is 5.56. The summed E-state index contributed by atoms with van der Waals surface area (Å²) in [6, 6.07) is 4.75. The van der Waals surface area contributed by atoms with Gasteiger partial charge in [0.1, 0.15) is 24.8 Å². The van der Waals surface area contributed by atoms with E-state index in [1.54, 1.807) is 21.9 Å². The van der Waals surface area contributed by atoms with Gasteiger partial charge < -0.3 is 20.3 Å². The van der Waals surface area contributed by atoms with Gasteiger partial charge in [0.05, 0.1) is 18.8 Å². The summed E-state index contributed by atoms with van der Waals surface area (Å²) in [7, 11) is 0. The number of benzene rings is 1. The molecule has 9 heteroatoms. The fraction of sp³-hybridized carbons (Fsp3) is 0.400. The number of nitrogens with two attached hydrogens (primary N) is 1. The third-order valence-electron chi connectivity index (χ3n) is 3.94. The standard InChI is InChI=1S/C15H18FN5O3/c16-13-5-11(20-7-12(6-17)24-15(23)8-20)1-2-14(13)19-3-4-21(10-22)18-9-19/h1-2,5,9-10,12H,3-4,6-8,17H2. The van der Waals surface area contributed by atoms with Crippen LogP contribution in [-0.2, 0) is 14.3 Å². The zero-order chi connectivity index (χ0) is 17.1. The number of morpholine rings is 1. The molecule has 8 nitrogen and oxygen atoms in total. The number of hydrogen-bond donors (Lipinski definition) is 1. The predicted molar refractivity (Wildman–Crippen MR) is 86.2 cm³/mol. The van der Waals surface area contributed by atoms with Crippen LogP contribution in [0.2, 0.25) is 0 Å². The quantitative estimate of drug-likeness (QED) is 0.602. The van der Waals surface area contributed by atoms with Gasteiger partial charge >= 0.3 is 5.97 Å². The lowest BCUT2D eigenvalue weighted by atomic mass is 10.2. The number of amides is 1. The normalized spacial score (nSPS) is 21.0. The lowest BCUT2D eigenvalue weighted by Crippen LogP contribution is -2.48. The zero-order valence-electron chi connectivity index (χ0n) is 13.0. The molecule has 0 radical (unpaired) electrons. The van der Waals surface area contributed by atoms with Gasteiger partial charge in [-0.2, -0.15) is 5.10 Å². The lowest BCUT2D eigenvalue weighted by molar-refractivity contribution is -0.149. The summed E-state index contributed by atoms with van der Waals surface area (Å²) in [6.45, 7) is 1.55. The van der Waals surface area contributed by atoms with Crippen LogP contribution in [0.1, 0.15) is 0 Å². The number of nitrogens with zero attached hydrogens (tertiary/aromatic N) is 4. The average molecular weight is 335 g/mol. The Bertz CT molecular complexity index is 669. The molecule has 1 aromatic carbocycles. The largest absolute Gasteiger partial charge is 0.458 e. The number of rotatable bonds is 4. The number of cyclic esters (lactones) is 1. The van der Waals surface area contributed by atoms with Crippen LogP contribution in [0, 0.1) is 5.82 Å². The minimum absolute atomic E-state index is 0.0642. The molecule has 0 aromatic heterocycles. The molecule has 1 unspecified atom stereocenters. The van der Waals surface area contributed by atoms with Crippen LogP contribution in [0.15, 0.2) is 23.3 Å². The molecule has 3 rings (SSSR count). The van der Waals surface area contributed by atoms with E-state index >= 15 is 0 Å². The molecule has 0 saturated carbocycles. The molecule has 1 saturated heterocycles. The Balaban J connectivity index is 1.77. The topological polar surface area (TPSA) is 91.5 Å². The SMILES string of the molecule is NCC1CN(c2ccc(N3C=NN(C=O)CC3)c(F)c2)CC(=O)O1. The van der Waals surface area contributed by atoms with E-state index in [1.807, 2.05) is 0 Å². The fourth-order valence-electron chi connectivity index (χ4n) is 2.69. The van der Waals surface area contributed by atoms with Crippen molar-refractivity contribution in [3.63, 3.8) is 0 Å². The van der Waals surface area contributed by atoms with Gasteiger partial charge in [-0.3, -0.25) is 9.59 Å². The van der Waals surface area contributed by atoms with Gasteiger partial charge in [0.15, 0.2) is 0 Å². The van der Waals surface area contributed by atoms with Crippen LogP contribution < -0.4 is 15.5 Å². The first-order chi connectivity index (χ1) is 11.6. The lowest BCUT2D eigenvalue weighted by Gasteiger charge is -2.33. The Morgan fingerprint density at radius 2 is 2.25 bits per heavy atom. The third-order valence-corrected chi connectivity index (χ3v) is 3.94. The first kappa shape index (κ1) is 16.2. The van der Waals surface area contributed by atoms with Crippen LogP contribution >= 0.6 is 0 Å². The van der Waals surface area contributed by atoms with Crippen molar-refractivity contribution < 1.29 is 18.7 Å². The molecule has 1 fully saturated rings. The summed E-state index contributed by atoms with van der Waals surface area (Å²) in [6.07, 6.45) is 1.65. The van der Waals surface area contributed by atoms with E-state index in [2.05, 4.69) is 5.10 Å². The molecule has 128 valence electrons. The first-order valence-electron chi connectivity index (χ1n) is 7.57. The fourth-order valence-corrected chi connectivity index (χ4v) is 2.69. The summed E-state index contributed by atoms with van der Waals surface area (Å²) >= 11 is 0. The number of halogens is 1. The van der Waals surface area contributed by atoms with Crippen molar-refractivity contribution in [3.8, 4) is 0 Å². The molecule has 1 aromatic rings. The minimum Gasteiger partial charge on any atom is -0.458 e. The van der Waals surface area contributed by atoms with Gasteiger partial charge in [-0.1, -0.05) is 0 Å². The summed E-state index contributed by atoms with van der Waals surface area (Å²) in [5, 5.41) is 5.15. The highest BCUT2D eigenvalue weighted by molar-refractivity contribution is 5.82. The van der Waals surface area contributed by atoms with Crippen LogP contribution in [0.25, 0.3) is 0 Å². The predicted octanol–water partition coefficient (Wildman–Crippen LogP) is -0.262. The molecule has 2 aliphatic rings. The molecule has 24 heavy (non-hydrogen) atoms. The van der Waals surface area contributed by atoms with E-state index in [-0.39, 0.29) is 19.1 Å². The van der Waals surface area contributed by atoms with E-state index in [4.69, 9.17) is 10.5 Å².